The molecule has 0 radical (unpaired) electrons. The first-order valence-corrected chi connectivity index (χ1v) is 7.99. The van der Waals surface area contributed by atoms with E-state index in [1.807, 2.05) is 7.05 Å². The highest BCUT2D eigenvalue weighted by Gasteiger charge is 2.10. The molecule has 0 aromatic heterocycles. The summed E-state index contributed by atoms with van der Waals surface area (Å²) in [5, 5.41) is 21.4. The minimum Gasteiger partial charge on any atom is -0.394 e. The molecular weight excluding hydrogens is 258 g/mol. The molecule has 2 atom stereocenters. The summed E-state index contributed by atoms with van der Waals surface area (Å²) < 4.78 is 0. The fourth-order valence-corrected chi connectivity index (χ4v) is 3.03. The van der Waals surface area contributed by atoms with Crippen LogP contribution in [0.3, 0.4) is 0 Å². The maximum Gasteiger partial charge on any atom is 0.0861 e. The van der Waals surface area contributed by atoms with Crippen molar-refractivity contribution >= 4 is 11.8 Å². The molecule has 0 saturated carbocycles. The average molecular weight is 283 g/mol. The number of hydrogen-bond donors (Lipinski definition) is 3. The van der Waals surface area contributed by atoms with E-state index in [-0.39, 0.29) is 12.6 Å². The van der Waals surface area contributed by atoms with Crippen LogP contribution in [0.15, 0.2) is 24.3 Å². The molecule has 1 aromatic rings. The second-order valence-corrected chi connectivity index (χ2v) is 5.78. The van der Waals surface area contributed by atoms with E-state index in [4.69, 9.17) is 5.11 Å². The Morgan fingerprint density at radius 2 is 1.89 bits per heavy atom. The Hall–Kier alpha value is -0.550. The molecule has 0 heterocycles. The van der Waals surface area contributed by atoms with Gasteiger partial charge in [0.1, 0.15) is 0 Å². The zero-order chi connectivity index (χ0) is 14.1. The molecule has 1 aromatic carbocycles. The highest BCUT2D eigenvalue weighted by Crippen LogP contribution is 2.19. The maximum atomic E-state index is 9.32. The van der Waals surface area contributed by atoms with Crippen LogP contribution in [0.5, 0.6) is 0 Å². The highest BCUT2D eigenvalue weighted by atomic mass is 32.2. The van der Waals surface area contributed by atoms with Gasteiger partial charge in [0.05, 0.1) is 12.7 Å². The number of aryl methyl sites for hydroxylation is 1. The summed E-state index contributed by atoms with van der Waals surface area (Å²) in [5.74, 6) is 1.46. The Kier molecular flexibility index (Phi) is 8.14. The average Bonchev–Trinajstić information content (AvgIpc) is 2.45. The minimum atomic E-state index is -0.616. The standard InChI is InChI=1S/C15H25NO2S/c1-3-4-12-5-7-13(8-6-12)15(16-2)11-19-10-14(18)9-17/h5-8,14-18H,3-4,9-11H2,1-2H3. The zero-order valence-electron chi connectivity index (χ0n) is 11.8. The van der Waals surface area contributed by atoms with E-state index >= 15 is 0 Å². The number of nitrogens with one attached hydrogen (secondary N) is 1. The fourth-order valence-electron chi connectivity index (χ4n) is 1.93. The van der Waals surface area contributed by atoms with Crippen molar-refractivity contribution < 1.29 is 10.2 Å². The monoisotopic (exact) mass is 283 g/mol. The number of aliphatic hydroxyl groups is 2. The molecule has 3 N–H and O–H groups in total. The number of aliphatic hydroxyl groups excluding tert-OH is 2. The summed E-state index contributed by atoms with van der Waals surface area (Å²) >= 11 is 1.66. The smallest absolute Gasteiger partial charge is 0.0861 e. The Morgan fingerprint density at radius 1 is 1.21 bits per heavy atom. The molecule has 0 aliphatic rings. The lowest BCUT2D eigenvalue weighted by Gasteiger charge is -2.17. The molecule has 0 bridgehead atoms. The van der Waals surface area contributed by atoms with Crippen molar-refractivity contribution in [1.82, 2.24) is 5.32 Å². The second-order valence-electron chi connectivity index (χ2n) is 4.71. The van der Waals surface area contributed by atoms with Gasteiger partial charge in [0.25, 0.3) is 0 Å². The van der Waals surface area contributed by atoms with E-state index in [9.17, 15) is 5.11 Å². The van der Waals surface area contributed by atoms with Crippen molar-refractivity contribution in [2.75, 3.05) is 25.2 Å². The molecule has 0 amide bonds. The molecular formula is C15H25NO2S. The van der Waals surface area contributed by atoms with E-state index < -0.39 is 6.10 Å². The van der Waals surface area contributed by atoms with Crippen molar-refractivity contribution in [3.8, 4) is 0 Å². The molecule has 0 aliphatic heterocycles. The molecule has 2 unspecified atom stereocenters. The molecule has 0 saturated heterocycles. The second kappa shape index (κ2) is 9.37. The molecule has 0 spiro atoms. The van der Waals surface area contributed by atoms with Gasteiger partial charge in [0.15, 0.2) is 0 Å². The van der Waals surface area contributed by atoms with Crippen molar-refractivity contribution in [3.63, 3.8) is 0 Å². The summed E-state index contributed by atoms with van der Waals surface area (Å²) in [6.45, 7) is 2.02. The van der Waals surface area contributed by atoms with Crippen LogP contribution in [0.4, 0.5) is 0 Å². The van der Waals surface area contributed by atoms with Gasteiger partial charge in [-0.3, -0.25) is 0 Å². The van der Waals surface area contributed by atoms with Gasteiger partial charge in [-0.05, 0) is 24.6 Å². The van der Waals surface area contributed by atoms with E-state index in [0.29, 0.717) is 5.75 Å². The molecule has 4 heteroatoms. The van der Waals surface area contributed by atoms with Crippen molar-refractivity contribution in [1.29, 1.82) is 0 Å². The van der Waals surface area contributed by atoms with Gasteiger partial charge >= 0.3 is 0 Å². The van der Waals surface area contributed by atoms with Gasteiger partial charge in [-0.1, -0.05) is 37.6 Å². The van der Waals surface area contributed by atoms with E-state index in [2.05, 4.69) is 36.5 Å². The zero-order valence-corrected chi connectivity index (χ0v) is 12.6. The van der Waals surface area contributed by atoms with E-state index in [1.54, 1.807) is 11.8 Å². The quantitative estimate of drug-likeness (QED) is 0.649. The van der Waals surface area contributed by atoms with Crippen LogP contribution in [-0.4, -0.2) is 41.5 Å². The maximum absolute atomic E-state index is 9.32. The Labute approximate surface area is 120 Å². The predicted molar refractivity (Wildman–Crippen MR) is 82.7 cm³/mol. The number of hydrogen-bond acceptors (Lipinski definition) is 4. The summed E-state index contributed by atoms with van der Waals surface area (Å²) in [6.07, 6.45) is 1.68. The highest BCUT2D eigenvalue weighted by molar-refractivity contribution is 7.99. The molecule has 1 rings (SSSR count). The lowest BCUT2D eigenvalue weighted by atomic mass is 10.0. The molecule has 108 valence electrons. The first-order valence-electron chi connectivity index (χ1n) is 6.84. The summed E-state index contributed by atoms with van der Waals surface area (Å²) in [5.41, 5.74) is 2.65. The lowest BCUT2D eigenvalue weighted by Crippen LogP contribution is -2.21. The van der Waals surface area contributed by atoms with Gasteiger partial charge in [-0.2, -0.15) is 11.8 Å². The van der Waals surface area contributed by atoms with Crippen LogP contribution in [0.1, 0.15) is 30.5 Å². The molecule has 19 heavy (non-hydrogen) atoms. The van der Waals surface area contributed by atoms with Gasteiger partial charge in [0.2, 0.25) is 0 Å². The van der Waals surface area contributed by atoms with Gasteiger partial charge in [0, 0.05) is 17.5 Å². The summed E-state index contributed by atoms with van der Waals surface area (Å²) in [6, 6.07) is 9.02. The molecule has 3 nitrogen and oxygen atoms in total. The Morgan fingerprint density at radius 3 is 2.42 bits per heavy atom. The van der Waals surface area contributed by atoms with Crippen LogP contribution in [0.25, 0.3) is 0 Å². The summed E-state index contributed by atoms with van der Waals surface area (Å²) in [4.78, 5) is 0. The third-order valence-corrected chi connectivity index (χ3v) is 4.26. The topological polar surface area (TPSA) is 52.5 Å². The Balaban J connectivity index is 2.49. The number of benzene rings is 1. The van der Waals surface area contributed by atoms with E-state index in [0.717, 1.165) is 12.2 Å². The number of rotatable bonds is 9. The van der Waals surface area contributed by atoms with Crippen molar-refractivity contribution in [2.45, 2.75) is 31.9 Å². The first kappa shape index (κ1) is 16.5. The van der Waals surface area contributed by atoms with Crippen LogP contribution in [0, 0.1) is 0 Å². The first-order chi connectivity index (χ1) is 9.21. The van der Waals surface area contributed by atoms with Crippen molar-refractivity contribution in [3.05, 3.63) is 35.4 Å². The normalized spacial score (nSPS) is 14.3. The van der Waals surface area contributed by atoms with Gasteiger partial charge in [-0.25, -0.2) is 0 Å². The van der Waals surface area contributed by atoms with Crippen LogP contribution in [-0.2, 0) is 6.42 Å². The van der Waals surface area contributed by atoms with Crippen molar-refractivity contribution in [2.24, 2.45) is 0 Å². The Bertz CT molecular complexity index is 343. The fraction of sp³-hybridized carbons (Fsp3) is 0.600. The number of thioether (sulfide) groups is 1. The molecule has 0 aliphatic carbocycles. The summed E-state index contributed by atoms with van der Waals surface area (Å²) in [7, 11) is 1.95. The van der Waals surface area contributed by atoms with Crippen LogP contribution >= 0.6 is 11.8 Å². The van der Waals surface area contributed by atoms with Gasteiger partial charge < -0.3 is 15.5 Å². The third-order valence-electron chi connectivity index (χ3n) is 3.07. The molecule has 0 fully saturated rings. The third kappa shape index (κ3) is 5.95. The SMILES string of the molecule is CCCc1ccc(C(CSCC(O)CO)NC)cc1. The largest absolute Gasteiger partial charge is 0.394 e. The van der Waals surface area contributed by atoms with Crippen LogP contribution < -0.4 is 5.32 Å². The van der Waals surface area contributed by atoms with Gasteiger partial charge in [-0.15, -0.1) is 0 Å². The lowest BCUT2D eigenvalue weighted by molar-refractivity contribution is 0.113. The minimum absolute atomic E-state index is 0.164. The predicted octanol–water partition coefficient (Wildman–Crippen LogP) is 1.99. The van der Waals surface area contributed by atoms with Crippen LogP contribution in [0.2, 0.25) is 0 Å². The van der Waals surface area contributed by atoms with E-state index in [1.165, 1.54) is 17.5 Å².